The van der Waals surface area contributed by atoms with Gasteiger partial charge in [-0.1, -0.05) is 0 Å². The first-order valence-electron chi connectivity index (χ1n) is 7.45. The van der Waals surface area contributed by atoms with E-state index in [-0.39, 0.29) is 10.8 Å². The maximum atomic E-state index is 12.5. The summed E-state index contributed by atoms with van der Waals surface area (Å²) >= 11 is 3.18. The average Bonchev–Trinajstić information content (AvgIpc) is 3.19. The molecule has 23 heavy (non-hydrogen) atoms. The van der Waals surface area contributed by atoms with Crippen LogP contribution in [0.5, 0.6) is 0 Å². The second-order valence-corrected chi connectivity index (χ2v) is 7.27. The molecule has 1 atom stereocenters. The molecule has 0 radical (unpaired) electrons. The minimum Gasteiger partial charge on any atom is -0.464 e. The summed E-state index contributed by atoms with van der Waals surface area (Å²) in [6.45, 7) is 5.45. The number of thiophene rings is 1. The molecular weight excluding hydrogens is 332 g/mol. The molecule has 0 amide bonds. The van der Waals surface area contributed by atoms with Gasteiger partial charge in [0, 0.05) is 23.3 Å². The summed E-state index contributed by atoms with van der Waals surface area (Å²) in [6, 6.07) is 3.66. The first-order valence-corrected chi connectivity index (χ1v) is 9.38. The van der Waals surface area contributed by atoms with E-state index in [0.29, 0.717) is 23.6 Å². The second kappa shape index (κ2) is 7.33. The monoisotopic (exact) mass is 350 g/mol. The molecule has 0 saturated heterocycles. The van der Waals surface area contributed by atoms with Crippen LogP contribution in [0.4, 0.5) is 0 Å². The standard InChI is InChI=1S/C16H18N2O3S2/c1-3-20-7-8-22-10(2)14-17-15(19)13-11(9-23-16(13)18-14)12-5-4-6-21-12/h4-6,9-10H,3,7-8H2,1-2H3,(H,17,18,19)/t10-/m1/s1. The van der Waals surface area contributed by atoms with Gasteiger partial charge in [-0.25, -0.2) is 4.98 Å². The van der Waals surface area contributed by atoms with Crippen LogP contribution >= 0.6 is 23.1 Å². The maximum absolute atomic E-state index is 12.5. The van der Waals surface area contributed by atoms with Crippen molar-refractivity contribution in [3.05, 3.63) is 40.0 Å². The number of aromatic nitrogens is 2. The van der Waals surface area contributed by atoms with E-state index in [1.54, 1.807) is 18.0 Å². The van der Waals surface area contributed by atoms with Gasteiger partial charge in [-0.3, -0.25) is 4.79 Å². The molecule has 0 bridgehead atoms. The van der Waals surface area contributed by atoms with Crippen molar-refractivity contribution in [3.63, 3.8) is 0 Å². The Hall–Kier alpha value is -1.57. The van der Waals surface area contributed by atoms with Gasteiger partial charge >= 0.3 is 0 Å². The number of hydrogen-bond donors (Lipinski definition) is 1. The number of thioether (sulfide) groups is 1. The van der Waals surface area contributed by atoms with Crippen molar-refractivity contribution >= 4 is 33.3 Å². The quantitative estimate of drug-likeness (QED) is 0.650. The van der Waals surface area contributed by atoms with Crippen LogP contribution < -0.4 is 5.56 Å². The topological polar surface area (TPSA) is 68.1 Å². The number of aromatic amines is 1. The van der Waals surface area contributed by atoms with E-state index in [4.69, 9.17) is 9.15 Å². The smallest absolute Gasteiger partial charge is 0.260 e. The van der Waals surface area contributed by atoms with Crippen molar-refractivity contribution in [2.24, 2.45) is 0 Å². The summed E-state index contributed by atoms with van der Waals surface area (Å²) in [5.74, 6) is 2.27. The molecule has 1 N–H and O–H groups in total. The number of fused-ring (bicyclic) bond motifs is 1. The minimum absolute atomic E-state index is 0.113. The zero-order valence-corrected chi connectivity index (χ0v) is 14.6. The van der Waals surface area contributed by atoms with Crippen LogP contribution in [0.3, 0.4) is 0 Å². The van der Waals surface area contributed by atoms with Gasteiger partial charge in [0.05, 0.1) is 23.5 Å². The third kappa shape index (κ3) is 3.52. The van der Waals surface area contributed by atoms with Gasteiger partial charge in [-0.2, -0.15) is 0 Å². The van der Waals surface area contributed by atoms with Crippen LogP contribution in [-0.2, 0) is 4.74 Å². The zero-order chi connectivity index (χ0) is 16.2. The third-order valence-corrected chi connectivity index (χ3v) is 5.43. The highest BCUT2D eigenvalue weighted by Crippen LogP contribution is 2.32. The molecule has 122 valence electrons. The molecule has 0 saturated carbocycles. The summed E-state index contributed by atoms with van der Waals surface area (Å²) in [5.41, 5.74) is 0.682. The van der Waals surface area contributed by atoms with Crippen molar-refractivity contribution < 1.29 is 9.15 Å². The molecule has 3 rings (SSSR count). The first kappa shape index (κ1) is 16.3. The molecule has 3 heterocycles. The van der Waals surface area contributed by atoms with Gasteiger partial charge in [-0.05, 0) is 26.0 Å². The number of hydrogen-bond acceptors (Lipinski definition) is 6. The van der Waals surface area contributed by atoms with E-state index < -0.39 is 0 Å². The third-order valence-electron chi connectivity index (χ3n) is 3.43. The Bertz CT molecular complexity index is 824. The van der Waals surface area contributed by atoms with Crippen LogP contribution in [0, 0.1) is 0 Å². The van der Waals surface area contributed by atoms with Gasteiger partial charge in [0.1, 0.15) is 16.4 Å². The van der Waals surface area contributed by atoms with Gasteiger partial charge in [-0.15, -0.1) is 23.1 Å². The largest absolute Gasteiger partial charge is 0.464 e. The Balaban J connectivity index is 1.86. The number of H-pyrrole nitrogens is 1. The van der Waals surface area contributed by atoms with Gasteiger partial charge in [0.15, 0.2) is 0 Å². The lowest BCUT2D eigenvalue weighted by Crippen LogP contribution is -2.12. The van der Waals surface area contributed by atoms with Crippen molar-refractivity contribution in [2.45, 2.75) is 19.1 Å². The van der Waals surface area contributed by atoms with Crippen LogP contribution in [0.25, 0.3) is 21.5 Å². The Labute approximate surface area is 142 Å². The first-order chi connectivity index (χ1) is 11.2. The highest BCUT2D eigenvalue weighted by molar-refractivity contribution is 7.99. The van der Waals surface area contributed by atoms with Crippen LogP contribution in [0.1, 0.15) is 24.9 Å². The zero-order valence-electron chi connectivity index (χ0n) is 13.0. The molecule has 0 aliphatic carbocycles. The van der Waals surface area contributed by atoms with Crippen LogP contribution in [-0.4, -0.2) is 28.9 Å². The Morgan fingerprint density at radius 3 is 3.13 bits per heavy atom. The number of furan rings is 1. The number of nitrogens with zero attached hydrogens (tertiary/aromatic N) is 1. The maximum Gasteiger partial charge on any atom is 0.260 e. The van der Waals surface area contributed by atoms with E-state index in [0.717, 1.165) is 22.8 Å². The SMILES string of the molecule is CCOCCS[C@H](C)c1nc2scc(-c3ccco3)c2c(=O)[nH]1. The normalized spacial score (nSPS) is 12.8. The van der Waals surface area contributed by atoms with Gasteiger partial charge in [0.2, 0.25) is 0 Å². The Kier molecular flexibility index (Phi) is 5.20. The molecule has 3 aromatic heterocycles. The lowest BCUT2D eigenvalue weighted by atomic mass is 10.2. The molecule has 0 aliphatic heterocycles. The molecule has 0 fully saturated rings. The van der Waals surface area contributed by atoms with E-state index in [9.17, 15) is 4.79 Å². The molecule has 7 heteroatoms. The molecule has 5 nitrogen and oxygen atoms in total. The number of rotatable bonds is 7. The second-order valence-electron chi connectivity index (χ2n) is 4.97. The molecule has 3 aromatic rings. The van der Waals surface area contributed by atoms with Crippen LogP contribution in [0.15, 0.2) is 33.0 Å². The fourth-order valence-electron chi connectivity index (χ4n) is 2.28. The predicted molar refractivity (Wildman–Crippen MR) is 95.3 cm³/mol. The predicted octanol–water partition coefficient (Wildman–Crippen LogP) is 4.08. The van der Waals surface area contributed by atoms with Crippen molar-refractivity contribution in [1.29, 1.82) is 0 Å². The lowest BCUT2D eigenvalue weighted by molar-refractivity contribution is 0.164. The lowest BCUT2D eigenvalue weighted by Gasteiger charge is -2.10. The Morgan fingerprint density at radius 2 is 2.39 bits per heavy atom. The number of ether oxygens (including phenoxy) is 1. The fourth-order valence-corrected chi connectivity index (χ4v) is 4.05. The molecular formula is C16H18N2O3S2. The highest BCUT2D eigenvalue weighted by atomic mass is 32.2. The molecule has 0 spiro atoms. The summed E-state index contributed by atoms with van der Waals surface area (Å²) in [6.07, 6.45) is 1.60. The summed E-state index contributed by atoms with van der Waals surface area (Å²) in [5, 5.41) is 2.63. The van der Waals surface area contributed by atoms with E-state index in [1.165, 1.54) is 11.3 Å². The highest BCUT2D eigenvalue weighted by Gasteiger charge is 2.17. The van der Waals surface area contributed by atoms with Gasteiger partial charge < -0.3 is 14.1 Å². The van der Waals surface area contributed by atoms with E-state index in [1.807, 2.05) is 31.4 Å². The van der Waals surface area contributed by atoms with E-state index >= 15 is 0 Å². The molecule has 0 aliphatic rings. The van der Waals surface area contributed by atoms with Crippen molar-refractivity contribution in [2.75, 3.05) is 19.0 Å². The average molecular weight is 350 g/mol. The van der Waals surface area contributed by atoms with Gasteiger partial charge in [0.25, 0.3) is 5.56 Å². The minimum atomic E-state index is -0.116. The molecule has 0 aromatic carbocycles. The molecule has 0 unspecified atom stereocenters. The number of nitrogens with one attached hydrogen (secondary N) is 1. The summed E-state index contributed by atoms with van der Waals surface area (Å²) < 4.78 is 10.7. The Morgan fingerprint density at radius 1 is 1.52 bits per heavy atom. The van der Waals surface area contributed by atoms with Crippen LogP contribution in [0.2, 0.25) is 0 Å². The fraction of sp³-hybridized carbons (Fsp3) is 0.375. The summed E-state index contributed by atoms with van der Waals surface area (Å²) in [4.78, 5) is 20.8. The summed E-state index contributed by atoms with van der Waals surface area (Å²) in [7, 11) is 0. The van der Waals surface area contributed by atoms with Crippen molar-refractivity contribution in [3.8, 4) is 11.3 Å². The van der Waals surface area contributed by atoms with Crippen molar-refractivity contribution in [1.82, 2.24) is 9.97 Å². The van der Waals surface area contributed by atoms with E-state index in [2.05, 4.69) is 9.97 Å².